The van der Waals surface area contributed by atoms with Gasteiger partial charge in [-0.15, -0.1) is 0 Å². The van der Waals surface area contributed by atoms with Crippen LogP contribution in [-0.2, 0) is 0 Å². The van der Waals surface area contributed by atoms with Crippen LogP contribution in [-0.4, -0.2) is 23.9 Å². The molecule has 13 rings (SSSR count). The first kappa shape index (κ1) is 29.8. The van der Waals surface area contributed by atoms with Crippen molar-refractivity contribution in [1.29, 1.82) is 0 Å². The van der Waals surface area contributed by atoms with Crippen molar-refractivity contribution in [2.75, 3.05) is 0 Å². The second-order valence-electron chi connectivity index (χ2n) is 14.8. The summed E-state index contributed by atoms with van der Waals surface area (Å²) in [5.41, 5.74) is 9.85. The van der Waals surface area contributed by atoms with Crippen molar-refractivity contribution in [2.24, 2.45) is 0 Å². The second kappa shape index (κ2) is 11.0. The van der Waals surface area contributed by atoms with Crippen molar-refractivity contribution < 1.29 is 0 Å². The van der Waals surface area contributed by atoms with E-state index in [0.717, 1.165) is 33.4 Å². The largest absolute Gasteiger partial charge is 0.308 e. The fraction of sp³-hybridized carbons (Fsp3) is 0. The molecule has 0 N–H and O–H groups in total. The maximum absolute atomic E-state index is 5.19. The molecular weight excluding hydrogens is 683 g/mol. The zero-order valence-corrected chi connectivity index (χ0v) is 30.0. The van der Waals surface area contributed by atoms with E-state index >= 15 is 0 Å². The molecule has 258 valence electrons. The molecule has 0 spiro atoms. The van der Waals surface area contributed by atoms with E-state index in [1.807, 2.05) is 36.4 Å². The highest BCUT2D eigenvalue weighted by molar-refractivity contribution is 6.38. The molecule has 0 aliphatic heterocycles. The van der Waals surface area contributed by atoms with Gasteiger partial charge in [0.15, 0.2) is 17.5 Å². The Morgan fingerprint density at radius 2 is 0.911 bits per heavy atom. The molecule has 0 aliphatic rings. The molecule has 56 heavy (non-hydrogen) atoms. The third-order valence-electron chi connectivity index (χ3n) is 11.8. The molecule has 9 aromatic carbocycles. The van der Waals surface area contributed by atoms with Crippen LogP contribution in [0.2, 0.25) is 0 Å². The first-order valence-corrected chi connectivity index (χ1v) is 19.0. The van der Waals surface area contributed by atoms with Gasteiger partial charge in [-0.1, -0.05) is 133 Å². The smallest absolute Gasteiger partial charge is 0.166 e. The molecule has 4 aromatic heterocycles. The molecular formula is C51H29N5. The molecule has 0 saturated heterocycles. The van der Waals surface area contributed by atoms with Crippen LogP contribution in [0.1, 0.15) is 0 Å². The van der Waals surface area contributed by atoms with Gasteiger partial charge < -0.3 is 8.97 Å². The van der Waals surface area contributed by atoms with Crippen LogP contribution in [0.25, 0.3) is 121 Å². The highest BCUT2D eigenvalue weighted by Gasteiger charge is 2.26. The van der Waals surface area contributed by atoms with Crippen LogP contribution in [0.5, 0.6) is 0 Å². The first-order valence-electron chi connectivity index (χ1n) is 19.0. The molecule has 0 saturated carbocycles. The summed E-state index contributed by atoms with van der Waals surface area (Å²) in [5.74, 6) is 1.92. The van der Waals surface area contributed by atoms with Crippen molar-refractivity contribution in [3.8, 4) is 39.9 Å². The molecule has 5 heteroatoms. The van der Waals surface area contributed by atoms with Crippen LogP contribution >= 0.6 is 0 Å². The first-order chi connectivity index (χ1) is 27.8. The van der Waals surface area contributed by atoms with Crippen LogP contribution in [0.3, 0.4) is 0 Å². The number of fused-ring (bicyclic) bond motifs is 5. The SMILES string of the molecule is c1ccc(-c2nc(-c3ccccc3)nc(-c3ccccc3-n3c4ccc5cccc6c5c4c4c5c(ccc7c8cc9ccccc9cc8n6c75)ccc43)n2)cc1. The number of nitrogens with zero attached hydrogens (tertiary/aromatic N) is 5. The highest BCUT2D eigenvalue weighted by atomic mass is 15.1. The molecule has 0 radical (unpaired) electrons. The Morgan fingerprint density at radius 3 is 1.64 bits per heavy atom. The number of aromatic nitrogens is 5. The number of hydrogen-bond donors (Lipinski definition) is 0. The summed E-state index contributed by atoms with van der Waals surface area (Å²) in [6.45, 7) is 0. The molecule has 4 heterocycles. The zero-order valence-electron chi connectivity index (χ0n) is 30.0. The number of hydrogen-bond acceptors (Lipinski definition) is 3. The van der Waals surface area contributed by atoms with E-state index in [1.54, 1.807) is 0 Å². The van der Waals surface area contributed by atoms with Gasteiger partial charge in [-0.05, 0) is 64.0 Å². The molecule has 5 nitrogen and oxygen atoms in total. The summed E-state index contributed by atoms with van der Waals surface area (Å²) in [5, 5.41) is 12.6. The number of benzene rings is 9. The lowest BCUT2D eigenvalue weighted by Gasteiger charge is -2.15. The van der Waals surface area contributed by atoms with Crippen LogP contribution < -0.4 is 0 Å². The Labute approximate surface area is 320 Å². The van der Waals surface area contributed by atoms with Crippen LogP contribution in [0, 0.1) is 0 Å². The Balaban J connectivity index is 1.18. The summed E-state index contributed by atoms with van der Waals surface area (Å²) in [6, 6.07) is 63.0. The summed E-state index contributed by atoms with van der Waals surface area (Å²) in [6.07, 6.45) is 0. The predicted octanol–water partition coefficient (Wildman–Crippen LogP) is 12.9. The monoisotopic (exact) mass is 711 g/mol. The van der Waals surface area contributed by atoms with Gasteiger partial charge in [-0.2, -0.15) is 0 Å². The van der Waals surface area contributed by atoms with Crippen molar-refractivity contribution in [1.82, 2.24) is 23.9 Å². The maximum Gasteiger partial charge on any atom is 0.166 e. The lowest BCUT2D eigenvalue weighted by atomic mass is 9.98. The molecule has 0 bridgehead atoms. The topological polar surface area (TPSA) is 48.0 Å². The summed E-state index contributed by atoms with van der Waals surface area (Å²) in [7, 11) is 0. The van der Waals surface area contributed by atoms with Gasteiger partial charge in [-0.25, -0.2) is 15.0 Å². The maximum atomic E-state index is 5.19. The molecule has 0 atom stereocenters. The Hall–Kier alpha value is -7.63. The van der Waals surface area contributed by atoms with E-state index in [0.29, 0.717) is 17.5 Å². The Bertz CT molecular complexity index is 3630. The van der Waals surface area contributed by atoms with E-state index < -0.39 is 0 Å². The minimum absolute atomic E-state index is 0.632. The van der Waals surface area contributed by atoms with Crippen molar-refractivity contribution >= 4 is 81.4 Å². The minimum Gasteiger partial charge on any atom is -0.308 e. The predicted molar refractivity (Wildman–Crippen MR) is 231 cm³/mol. The summed E-state index contributed by atoms with van der Waals surface area (Å²) >= 11 is 0. The second-order valence-corrected chi connectivity index (χ2v) is 14.8. The van der Waals surface area contributed by atoms with Gasteiger partial charge in [0.05, 0.1) is 33.3 Å². The average Bonchev–Trinajstić information content (AvgIpc) is 3.73. The molecule has 0 fully saturated rings. The fourth-order valence-corrected chi connectivity index (χ4v) is 9.43. The lowest BCUT2D eigenvalue weighted by molar-refractivity contribution is 1.06. The van der Waals surface area contributed by atoms with Crippen molar-refractivity contribution in [2.45, 2.75) is 0 Å². The van der Waals surface area contributed by atoms with Gasteiger partial charge in [0.2, 0.25) is 0 Å². The third kappa shape index (κ3) is 3.95. The van der Waals surface area contributed by atoms with Crippen molar-refractivity contribution in [3.05, 3.63) is 176 Å². The van der Waals surface area contributed by atoms with Gasteiger partial charge in [-0.3, -0.25) is 0 Å². The molecule has 0 aliphatic carbocycles. The van der Waals surface area contributed by atoms with Gasteiger partial charge in [0.25, 0.3) is 0 Å². The Kier molecular flexibility index (Phi) is 5.83. The van der Waals surface area contributed by atoms with E-state index in [2.05, 4.69) is 148 Å². The summed E-state index contributed by atoms with van der Waals surface area (Å²) < 4.78 is 4.98. The molecule has 0 amide bonds. The normalized spacial score (nSPS) is 12.3. The number of rotatable bonds is 4. The fourth-order valence-electron chi connectivity index (χ4n) is 9.43. The van der Waals surface area contributed by atoms with Gasteiger partial charge >= 0.3 is 0 Å². The van der Waals surface area contributed by atoms with Gasteiger partial charge in [0.1, 0.15) is 0 Å². The average molecular weight is 712 g/mol. The van der Waals surface area contributed by atoms with E-state index in [1.165, 1.54) is 70.4 Å². The quantitative estimate of drug-likeness (QED) is 0.183. The standard InChI is InChI=1S/C51H29N5/c1-3-12-32(13-4-1)49-52-50(33-14-5-2-6-15-33)54-51(53-49)37-19-9-10-20-39(37)55-41-26-23-30-18-11-21-40-44(30)46(41)47-42(55)27-24-31-22-25-36-38-28-34-16-7-8-17-35(34)29-43(38)56(40)48(36)45(31)47/h1-29H. The van der Waals surface area contributed by atoms with E-state index in [4.69, 9.17) is 15.0 Å². The Morgan fingerprint density at radius 1 is 0.339 bits per heavy atom. The molecule has 13 aromatic rings. The van der Waals surface area contributed by atoms with E-state index in [-0.39, 0.29) is 0 Å². The van der Waals surface area contributed by atoms with Crippen LogP contribution in [0.4, 0.5) is 0 Å². The van der Waals surface area contributed by atoms with Gasteiger partial charge in [0, 0.05) is 49.0 Å². The lowest BCUT2D eigenvalue weighted by Crippen LogP contribution is -2.03. The van der Waals surface area contributed by atoms with Crippen LogP contribution in [0.15, 0.2) is 176 Å². The highest BCUT2D eigenvalue weighted by Crippen LogP contribution is 2.48. The third-order valence-corrected chi connectivity index (χ3v) is 11.8. The minimum atomic E-state index is 0.632. The zero-order chi connectivity index (χ0) is 36.5. The molecule has 0 unspecified atom stereocenters. The van der Waals surface area contributed by atoms with E-state index in [9.17, 15) is 0 Å². The number of para-hydroxylation sites is 1. The van der Waals surface area contributed by atoms with Crippen molar-refractivity contribution in [3.63, 3.8) is 0 Å². The summed E-state index contributed by atoms with van der Waals surface area (Å²) in [4.78, 5) is 15.4.